The Bertz CT molecular complexity index is 1120. The van der Waals surface area contributed by atoms with Crippen molar-refractivity contribution in [2.24, 2.45) is 0 Å². The van der Waals surface area contributed by atoms with Crippen molar-refractivity contribution in [3.8, 4) is 5.75 Å². The van der Waals surface area contributed by atoms with E-state index in [2.05, 4.69) is 15.0 Å². The lowest BCUT2D eigenvalue weighted by Gasteiger charge is -2.35. The van der Waals surface area contributed by atoms with Gasteiger partial charge in [-0.25, -0.2) is 9.67 Å². The molecule has 1 amide bonds. The van der Waals surface area contributed by atoms with Crippen LogP contribution >= 0.6 is 11.6 Å². The van der Waals surface area contributed by atoms with E-state index in [-0.39, 0.29) is 12.5 Å². The zero-order valence-corrected chi connectivity index (χ0v) is 20.3. The molecule has 2 aliphatic heterocycles. The summed E-state index contributed by atoms with van der Waals surface area (Å²) >= 11 is 6.09. The van der Waals surface area contributed by atoms with E-state index < -0.39 is 11.9 Å². The summed E-state index contributed by atoms with van der Waals surface area (Å²) < 4.78 is 20.1. The largest absolute Gasteiger partial charge is 0.488 e. The maximum Gasteiger partial charge on any atom is 0.219 e. The Morgan fingerprint density at radius 2 is 1.86 bits per heavy atom. The molecular formula is C25H28ClN5O4. The highest BCUT2D eigenvalue weighted by Gasteiger charge is 2.44. The van der Waals surface area contributed by atoms with E-state index in [0.29, 0.717) is 18.2 Å². The molecule has 2 saturated heterocycles. The van der Waals surface area contributed by atoms with Crippen LogP contribution in [0, 0.1) is 0 Å². The third-order valence-corrected chi connectivity index (χ3v) is 6.68. The third-order valence-electron chi connectivity index (χ3n) is 6.43. The van der Waals surface area contributed by atoms with Gasteiger partial charge >= 0.3 is 0 Å². The molecule has 0 unspecified atom stereocenters. The molecule has 0 aliphatic carbocycles. The number of ether oxygens (including phenoxy) is 3. The average Bonchev–Trinajstić information content (AvgIpc) is 3.54. The van der Waals surface area contributed by atoms with Crippen LogP contribution in [-0.2, 0) is 26.4 Å². The Balaban J connectivity index is 1.19. The van der Waals surface area contributed by atoms with Crippen molar-refractivity contribution in [2.45, 2.75) is 25.4 Å². The summed E-state index contributed by atoms with van der Waals surface area (Å²) in [6.07, 6.45) is 2.62. The maximum absolute atomic E-state index is 11.5. The Morgan fingerprint density at radius 1 is 1.11 bits per heavy atom. The summed E-state index contributed by atoms with van der Waals surface area (Å²) in [7, 11) is 0. The van der Waals surface area contributed by atoms with Crippen LogP contribution in [0.25, 0.3) is 0 Å². The summed E-state index contributed by atoms with van der Waals surface area (Å²) in [6.45, 7) is 5.81. The topological polar surface area (TPSA) is 82.0 Å². The molecule has 3 heterocycles. The van der Waals surface area contributed by atoms with Crippen LogP contribution in [0.5, 0.6) is 5.75 Å². The number of rotatable bonds is 7. The molecule has 2 fully saturated rings. The van der Waals surface area contributed by atoms with Crippen LogP contribution in [-0.4, -0.2) is 71.3 Å². The van der Waals surface area contributed by atoms with Crippen LogP contribution < -0.4 is 9.64 Å². The summed E-state index contributed by atoms with van der Waals surface area (Å²) in [5.74, 6) is 0.870. The van der Waals surface area contributed by atoms with Crippen LogP contribution in [0.2, 0.25) is 5.02 Å². The van der Waals surface area contributed by atoms with Gasteiger partial charge in [0.2, 0.25) is 5.91 Å². The lowest BCUT2D eigenvalue weighted by molar-refractivity contribution is -0.129. The highest BCUT2D eigenvalue weighted by Crippen LogP contribution is 2.36. The minimum Gasteiger partial charge on any atom is -0.488 e. The zero-order valence-electron chi connectivity index (χ0n) is 19.5. The number of nitrogens with zero attached hydrogens (tertiary/aromatic N) is 5. The van der Waals surface area contributed by atoms with E-state index in [1.54, 1.807) is 17.9 Å². The quantitative estimate of drug-likeness (QED) is 0.496. The number of hydrogen-bond donors (Lipinski definition) is 0. The van der Waals surface area contributed by atoms with Gasteiger partial charge in [-0.15, -0.1) is 0 Å². The second-order valence-electron chi connectivity index (χ2n) is 8.75. The Labute approximate surface area is 209 Å². The first-order valence-electron chi connectivity index (χ1n) is 11.6. The van der Waals surface area contributed by atoms with E-state index in [1.165, 1.54) is 6.33 Å². The van der Waals surface area contributed by atoms with Crippen LogP contribution in [0.15, 0.2) is 61.2 Å². The smallest absolute Gasteiger partial charge is 0.219 e. The Hall–Kier alpha value is -3.14. The van der Waals surface area contributed by atoms with Crippen molar-refractivity contribution in [3.05, 3.63) is 71.8 Å². The highest BCUT2D eigenvalue weighted by molar-refractivity contribution is 6.30. The van der Waals surface area contributed by atoms with Gasteiger partial charge in [-0.3, -0.25) is 4.79 Å². The molecule has 0 N–H and O–H groups in total. The Morgan fingerprint density at radius 3 is 2.51 bits per heavy atom. The van der Waals surface area contributed by atoms with Crippen molar-refractivity contribution in [1.82, 2.24) is 19.7 Å². The molecule has 184 valence electrons. The lowest BCUT2D eigenvalue weighted by Crippen LogP contribution is -2.48. The molecule has 0 spiro atoms. The van der Waals surface area contributed by atoms with Crippen molar-refractivity contribution in [2.75, 3.05) is 44.3 Å². The number of carbonyl (C=O) groups is 1. The van der Waals surface area contributed by atoms with Crippen LogP contribution in [0.3, 0.4) is 0 Å². The summed E-state index contributed by atoms with van der Waals surface area (Å²) in [4.78, 5) is 19.7. The van der Waals surface area contributed by atoms with Gasteiger partial charge in [0.15, 0.2) is 6.29 Å². The van der Waals surface area contributed by atoms with Crippen LogP contribution in [0.1, 0.15) is 12.5 Å². The normalized spacial score (nSPS) is 22.4. The molecule has 35 heavy (non-hydrogen) atoms. The van der Waals surface area contributed by atoms with Gasteiger partial charge in [0.1, 0.15) is 30.6 Å². The number of hydrogen-bond acceptors (Lipinski definition) is 7. The molecule has 2 aliphatic rings. The number of anilines is 1. The fourth-order valence-electron chi connectivity index (χ4n) is 4.48. The predicted octanol–water partition coefficient (Wildman–Crippen LogP) is 2.95. The SMILES string of the molecule is CC(=O)N1CCN(c2ccc(OC[C@H]3OC[C@](Cn4cncn4)(c4ccc(Cl)cc4)O3)cc2)CC1. The number of amides is 1. The van der Waals surface area contributed by atoms with Gasteiger partial charge in [0.05, 0.1) is 13.2 Å². The summed E-state index contributed by atoms with van der Waals surface area (Å²) in [6, 6.07) is 15.5. The van der Waals surface area contributed by atoms with Crippen molar-refractivity contribution < 1.29 is 19.0 Å². The second kappa shape index (κ2) is 10.2. The van der Waals surface area contributed by atoms with E-state index in [9.17, 15) is 4.79 Å². The Kier molecular flexibility index (Phi) is 6.90. The number of halogens is 1. The van der Waals surface area contributed by atoms with Crippen molar-refractivity contribution in [1.29, 1.82) is 0 Å². The lowest BCUT2D eigenvalue weighted by atomic mass is 9.94. The standard InChI is InChI=1S/C25H28ClN5O4/c1-19(32)29-10-12-30(13-11-29)22-6-8-23(9-7-22)33-14-24-34-16-25(35-24,15-31-18-27-17-28-31)20-2-4-21(26)5-3-20/h2-9,17-18,24H,10-16H2,1H3/t24-,25+/m0/s1. The molecule has 0 bridgehead atoms. The van der Waals surface area contributed by atoms with E-state index in [0.717, 1.165) is 43.2 Å². The molecule has 2 atom stereocenters. The van der Waals surface area contributed by atoms with Gasteiger partial charge in [-0.2, -0.15) is 5.10 Å². The van der Waals surface area contributed by atoms with Crippen molar-refractivity contribution >= 4 is 23.2 Å². The van der Waals surface area contributed by atoms with Gasteiger partial charge < -0.3 is 24.0 Å². The maximum atomic E-state index is 11.5. The first kappa shape index (κ1) is 23.6. The van der Waals surface area contributed by atoms with Gasteiger partial charge in [-0.05, 0) is 42.0 Å². The summed E-state index contributed by atoms with van der Waals surface area (Å²) in [5, 5.41) is 4.90. The zero-order chi connectivity index (χ0) is 24.3. The van der Waals surface area contributed by atoms with E-state index in [4.69, 9.17) is 25.8 Å². The molecular weight excluding hydrogens is 470 g/mol. The molecule has 9 nitrogen and oxygen atoms in total. The number of aromatic nitrogens is 3. The predicted molar refractivity (Wildman–Crippen MR) is 130 cm³/mol. The molecule has 0 radical (unpaired) electrons. The van der Waals surface area contributed by atoms with Crippen LogP contribution in [0.4, 0.5) is 5.69 Å². The molecule has 5 rings (SSSR count). The van der Waals surface area contributed by atoms with Gasteiger partial charge in [0.25, 0.3) is 0 Å². The van der Waals surface area contributed by atoms with E-state index in [1.807, 2.05) is 53.4 Å². The number of benzene rings is 2. The summed E-state index contributed by atoms with van der Waals surface area (Å²) in [5.41, 5.74) is 1.34. The molecule has 0 saturated carbocycles. The monoisotopic (exact) mass is 497 g/mol. The van der Waals surface area contributed by atoms with E-state index >= 15 is 0 Å². The first-order valence-corrected chi connectivity index (χ1v) is 12.0. The average molecular weight is 498 g/mol. The molecule has 10 heteroatoms. The second-order valence-corrected chi connectivity index (χ2v) is 9.19. The molecule has 1 aromatic heterocycles. The molecule has 2 aromatic carbocycles. The fourth-order valence-corrected chi connectivity index (χ4v) is 4.61. The van der Waals surface area contributed by atoms with Crippen molar-refractivity contribution in [3.63, 3.8) is 0 Å². The minimum absolute atomic E-state index is 0.131. The first-order chi connectivity index (χ1) is 17.0. The van der Waals surface area contributed by atoms with Gasteiger partial charge in [-0.1, -0.05) is 23.7 Å². The fraction of sp³-hybridized carbons (Fsp3) is 0.400. The highest BCUT2D eigenvalue weighted by atomic mass is 35.5. The number of carbonyl (C=O) groups excluding carboxylic acids is 1. The number of piperazine rings is 1. The molecule has 3 aromatic rings. The van der Waals surface area contributed by atoms with Gasteiger partial charge in [0, 0.05) is 43.8 Å². The third kappa shape index (κ3) is 5.42. The minimum atomic E-state index is -0.724.